The minimum atomic E-state index is -0.585. The molecule has 1 aromatic rings. The van der Waals surface area contributed by atoms with Crippen LogP contribution in [0.15, 0.2) is 10.6 Å². The number of hydrogen-bond acceptors (Lipinski definition) is 4. The Hall–Kier alpha value is -1.65. The monoisotopic (exact) mass is 292 g/mol. The van der Waals surface area contributed by atoms with Gasteiger partial charge in [-0.2, -0.15) is 0 Å². The van der Waals surface area contributed by atoms with E-state index in [2.05, 4.69) is 18.8 Å². The summed E-state index contributed by atoms with van der Waals surface area (Å²) in [6, 6.07) is 0. The molecule has 0 N–H and O–H groups in total. The fourth-order valence-corrected chi connectivity index (χ4v) is 2.96. The van der Waals surface area contributed by atoms with Crippen LogP contribution in [0.4, 0.5) is 0 Å². The van der Waals surface area contributed by atoms with E-state index < -0.39 is 5.41 Å². The van der Waals surface area contributed by atoms with Crippen molar-refractivity contribution in [3.8, 4) is 0 Å². The highest BCUT2D eigenvalue weighted by Crippen LogP contribution is 2.38. The van der Waals surface area contributed by atoms with Crippen LogP contribution in [0.2, 0.25) is 0 Å². The molecule has 1 fully saturated rings. The van der Waals surface area contributed by atoms with Gasteiger partial charge in [0.15, 0.2) is 0 Å². The standard InChI is InChI=1S/C16H24N2O3/c1-10(2)6-16(5)7-14(19)18(15(16)20)9-13-17-8-12(21-13)11(3)4/h8,10-11H,6-7,9H2,1-5H3/t16-/m1/s1. The number of amides is 2. The van der Waals surface area contributed by atoms with Crippen molar-refractivity contribution in [2.75, 3.05) is 0 Å². The van der Waals surface area contributed by atoms with Crippen LogP contribution in [-0.4, -0.2) is 21.7 Å². The summed E-state index contributed by atoms with van der Waals surface area (Å²) in [6.45, 7) is 10.2. The maximum atomic E-state index is 12.6. The predicted octanol–water partition coefficient (Wildman–Crippen LogP) is 3.11. The lowest BCUT2D eigenvalue weighted by Crippen LogP contribution is -2.34. The minimum absolute atomic E-state index is 0.106. The number of nitrogens with zero attached hydrogens (tertiary/aromatic N) is 2. The lowest BCUT2D eigenvalue weighted by Gasteiger charge is -2.23. The van der Waals surface area contributed by atoms with E-state index in [0.717, 1.165) is 12.2 Å². The Morgan fingerprint density at radius 3 is 2.52 bits per heavy atom. The fraction of sp³-hybridized carbons (Fsp3) is 0.688. The molecule has 0 aromatic carbocycles. The second-order valence-corrected chi connectivity index (χ2v) is 6.93. The maximum absolute atomic E-state index is 12.6. The molecule has 1 aliphatic heterocycles. The van der Waals surface area contributed by atoms with Crippen LogP contribution in [-0.2, 0) is 16.1 Å². The van der Waals surface area contributed by atoms with Crippen LogP contribution in [0.5, 0.6) is 0 Å². The van der Waals surface area contributed by atoms with Crippen LogP contribution in [0, 0.1) is 11.3 Å². The van der Waals surface area contributed by atoms with Crippen LogP contribution < -0.4 is 0 Å². The Balaban J connectivity index is 2.13. The van der Waals surface area contributed by atoms with Gasteiger partial charge in [-0.3, -0.25) is 14.5 Å². The Bertz CT molecular complexity index is 547. The second kappa shape index (κ2) is 5.62. The molecule has 21 heavy (non-hydrogen) atoms. The average Bonchev–Trinajstić information content (AvgIpc) is 2.88. The van der Waals surface area contributed by atoms with Gasteiger partial charge in [-0.15, -0.1) is 0 Å². The molecule has 116 valence electrons. The maximum Gasteiger partial charge on any atom is 0.236 e. The van der Waals surface area contributed by atoms with Crippen molar-refractivity contribution >= 4 is 11.8 Å². The molecule has 1 atom stereocenters. The summed E-state index contributed by atoms with van der Waals surface area (Å²) >= 11 is 0. The lowest BCUT2D eigenvalue weighted by atomic mass is 9.80. The molecule has 1 saturated heterocycles. The van der Waals surface area contributed by atoms with Gasteiger partial charge in [-0.1, -0.05) is 34.6 Å². The molecule has 5 heteroatoms. The molecular weight excluding hydrogens is 268 g/mol. The van der Waals surface area contributed by atoms with Crippen LogP contribution in [0.1, 0.15) is 65.0 Å². The molecule has 5 nitrogen and oxygen atoms in total. The topological polar surface area (TPSA) is 63.4 Å². The van der Waals surface area contributed by atoms with Crippen molar-refractivity contribution in [2.45, 2.75) is 59.9 Å². The van der Waals surface area contributed by atoms with Crippen LogP contribution >= 0.6 is 0 Å². The first-order chi connectivity index (χ1) is 9.73. The number of oxazole rings is 1. The molecule has 0 unspecified atom stereocenters. The Kier molecular flexibility index (Phi) is 4.21. The van der Waals surface area contributed by atoms with Crippen molar-refractivity contribution < 1.29 is 14.0 Å². The molecule has 0 bridgehead atoms. The van der Waals surface area contributed by atoms with Gasteiger partial charge >= 0.3 is 0 Å². The summed E-state index contributed by atoms with van der Waals surface area (Å²) in [5.41, 5.74) is -0.585. The van der Waals surface area contributed by atoms with Crippen molar-refractivity contribution in [1.82, 2.24) is 9.88 Å². The van der Waals surface area contributed by atoms with E-state index >= 15 is 0 Å². The summed E-state index contributed by atoms with van der Waals surface area (Å²) in [7, 11) is 0. The Labute approximate surface area is 125 Å². The quantitative estimate of drug-likeness (QED) is 0.782. The molecule has 2 rings (SSSR count). The van der Waals surface area contributed by atoms with Gasteiger partial charge in [0.25, 0.3) is 0 Å². The van der Waals surface area contributed by atoms with Gasteiger partial charge in [0.2, 0.25) is 17.7 Å². The zero-order valence-corrected chi connectivity index (χ0v) is 13.5. The van der Waals surface area contributed by atoms with Crippen LogP contribution in [0.3, 0.4) is 0 Å². The molecule has 0 saturated carbocycles. The van der Waals surface area contributed by atoms with E-state index in [1.165, 1.54) is 4.90 Å². The third-order valence-electron chi connectivity index (χ3n) is 3.90. The molecule has 0 aliphatic carbocycles. The normalized spacial score (nSPS) is 22.9. The summed E-state index contributed by atoms with van der Waals surface area (Å²) in [6.07, 6.45) is 2.66. The summed E-state index contributed by atoms with van der Waals surface area (Å²) in [5, 5.41) is 0. The van der Waals surface area contributed by atoms with E-state index in [1.54, 1.807) is 6.20 Å². The molecule has 2 heterocycles. The van der Waals surface area contributed by atoms with Gasteiger partial charge in [-0.05, 0) is 12.3 Å². The number of hydrogen-bond donors (Lipinski definition) is 0. The summed E-state index contributed by atoms with van der Waals surface area (Å²) in [5.74, 6) is 1.57. The summed E-state index contributed by atoms with van der Waals surface area (Å²) in [4.78, 5) is 30.2. The van der Waals surface area contributed by atoms with Gasteiger partial charge in [-0.25, -0.2) is 4.98 Å². The zero-order valence-electron chi connectivity index (χ0n) is 13.5. The number of rotatable bonds is 5. The predicted molar refractivity (Wildman–Crippen MR) is 78.3 cm³/mol. The van der Waals surface area contributed by atoms with E-state index in [9.17, 15) is 9.59 Å². The Morgan fingerprint density at radius 1 is 1.33 bits per heavy atom. The number of likely N-dealkylation sites (tertiary alicyclic amines) is 1. The van der Waals surface area contributed by atoms with Crippen molar-refractivity contribution in [2.24, 2.45) is 11.3 Å². The molecule has 0 radical (unpaired) electrons. The molecular formula is C16H24N2O3. The third-order valence-corrected chi connectivity index (χ3v) is 3.90. The average molecular weight is 292 g/mol. The van der Waals surface area contributed by atoms with Gasteiger partial charge < -0.3 is 4.42 Å². The number of aromatic nitrogens is 1. The van der Waals surface area contributed by atoms with E-state index in [0.29, 0.717) is 11.8 Å². The van der Waals surface area contributed by atoms with E-state index in [4.69, 9.17) is 4.42 Å². The van der Waals surface area contributed by atoms with E-state index in [-0.39, 0.29) is 30.7 Å². The first kappa shape index (κ1) is 15.7. The highest BCUT2D eigenvalue weighted by molar-refractivity contribution is 6.05. The van der Waals surface area contributed by atoms with Gasteiger partial charge in [0.05, 0.1) is 11.6 Å². The number of carbonyl (C=O) groups excluding carboxylic acids is 2. The molecule has 1 aliphatic rings. The summed E-state index contributed by atoms with van der Waals surface area (Å²) < 4.78 is 5.60. The van der Waals surface area contributed by atoms with Gasteiger partial charge in [0, 0.05) is 12.3 Å². The highest BCUT2D eigenvalue weighted by Gasteiger charge is 2.48. The van der Waals surface area contributed by atoms with E-state index in [1.807, 2.05) is 20.8 Å². The lowest BCUT2D eigenvalue weighted by molar-refractivity contribution is -0.142. The SMILES string of the molecule is CC(C)C[C@]1(C)CC(=O)N(Cc2ncc(C(C)C)o2)C1=O. The van der Waals surface area contributed by atoms with Crippen LogP contribution in [0.25, 0.3) is 0 Å². The van der Waals surface area contributed by atoms with Crippen molar-refractivity contribution in [1.29, 1.82) is 0 Å². The molecule has 1 aromatic heterocycles. The zero-order chi connectivity index (χ0) is 15.8. The fourth-order valence-electron chi connectivity index (χ4n) is 2.96. The number of carbonyl (C=O) groups is 2. The molecule has 0 spiro atoms. The van der Waals surface area contributed by atoms with Gasteiger partial charge in [0.1, 0.15) is 12.3 Å². The van der Waals surface area contributed by atoms with Crippen molar-refractivity contribution in [3.05, 3.63) is 17.8 Å². The van der Waals surface area contributed by atoms with Crippen molar-refractivity contribution in [3.63, 3.8) is 0 Å². The minimum Gasteiger partial charge on any atom is -0.443 e. The largest absolute Gasteiger partial charge is 0.443 e. The molecule has 2 amide bonds. The smallest absolute Gasteiger partial charge is 0.236 e. The number of imide groups is 1. The first-order valence-corrected chi connectivity index (χ1v) is 7.52. The third kappa shape index (κ3) is 3.17. The second-order valence-electron chi connectivity index (χ2n) is 6.93. The highest BCUT2D eigenvalue weighted by atomic mass is 16.4. The first-order valence-electron chi connectivity index (χ1n) is 7.52. The Morgan fingerprint density at radius 2 is 2.00 bits per heavy atom.